The van der Waals surface area contributed by atoms with Crippen LogP contribution in [0.5, 0.6) is 0 Å². The van der Waals surface area contributed by atoms with E-state index >= 15 is 0 Å². The van der Waals surface area contributed by atoms with Gasteiger partial charge in [0.2, 0.25) is 5.91 Å². The van der Waals surface area contributed by atoms with Gasteiger partial charge < -0.3 is 10.1 Å². The van der Waals surface area contributed by atoms with Crippen molar-refractivity contribution >= 4 is 5.91 Å². The van der Waals surface area contributed by atoms with Crippen LogP contribution in [0.2, 0.25) is 0 Å². The summed E-state index contributed by atoms with van der Waals surface area (Å²) in [6.45, 7) is 2.19. The molecular formula is C16H29NO2. The molecule has 0 bridgehead atoms. The van der Waals surface area contributed by atoms with Crippen LogP contribution in [0, 0.1) is 5.92 Å². The fraction of sp³-hybridized carbons (Fsp3) is 0.938. The van der Waals surface area contributed by atoms with E-state index in [-0.39, 0.29) is 11.5 Å². The summed E-state index contributed by atoms with van der Waals surface area (Å²) in [7, 11) is 1.80. The third kappa shape index (κ3) is 4.48. The molecule has 0 saturated heterocycles. The quantitative estimate of drug-likeness (QED) is 0.847. The lowest BCUT2D eigenvalue weighted by molar-refractivity contribution is -0.123. The van der Waals surface area contributed by atoms with Gasteiger partial charge in [0.15, 0.2) is 0 Å². The van der Waals surface area contributed by atoms with E-state index in [4.69, 9.17) is 4.74 Å². The SMILES string of the molecule is COC1(C)CCC(CC(=O)NC2CCCCC2)CC1. The molecule has 2 rings (SSSR count). The summed E-state index contributed by atoms with van der Waals surface area (Å²) in [5.74, 6) is 0.838. The van der Waals surface area contributed by atoms with Crippen molar-refractivity contribution in [3.8, 4) is 0 Å². The molecule has 0 aliphatic heterocycles. The number of carbonyl (C=O) groups is 1. The molecule has 0 atom stereocenters. The lowest BCUT2D eigenvalue weighted by Gasteiger charge is -2.36. The van der Waals surface area contributed by atoms with Gasteiger partial charge in [-0.15, -0.1) is 0 Å². The number of ether oxygens (including phenoxy) is 1. The van der Waals surface area contributed by atoms with Crippen LogP contribution in [0.25, 0.3) is 0 Å². The Morgan fingerprint density at radius 3 is 2.37 bits per heavy atom. The van der Waals surface area contributed by atoms with Crippen LogP contribution in [0.4, 0.5) is 0 Å². The van der Waals surface area contributed by atoms with Gasteiger partial charge in [-0.3, -0.25) is 4.79 Å². The predicted octanol–water partition coefficient (Wildman–Crippen LogP) is 3.42. The standard InChI is InChI=1S/C16H29NO2/c1-16(19-2)10-8-13(9-11-16)12-15(18)17-14-6-4-3-5-7-14/h13-14H,3-12H2,1-2H3,(H,17,18). The largest absolute Gasteiger partial charge is 0.379 e. The van der Waals surface area contributed by atoms with E-state index in [2.05, 4.69) is 12.2 Å². The molecule has 3 nitrogen and oxygen atoms in total. The van der Waals surface area contributed by atoms with Gasteiger partial charge in [-0.05, 0) is 51.4 Å². The highest BCUT2D eigenvalue weighted by atomic mass is 16.5. The van der Waals surface area contributed by atoms with Gasteiger partial charge in [0, 0.05) is 19.6 Å². The third-order valence-corrected chi connectivity index (χ3v) is 5.10. The van der Waals surface area contributed by atoms with Crippen molar-refractivity contribution in [2.75, 3.05) is 7.11 Å². The summed E-state index contributed by atoms with van der Waals surface area (Å²) in [5.41, 5.74) is 0.0519. The second-order valence-corrected chi connectivity index (χ2v) is 6.70. The zero-order valence-corrected chi connectivity index (χ0v) is 12.5. The Kier molecular flexibility index (Phi) is 5.26. The van der Waals surface area contributed by atoms with Crippen LogP contribution in [0.1, 0.15) is 71.1 Å². The minimum absolute atomic E-state index is 0.0519. The first-order chi connectivity index (χ1) is 9.11. The number of amides is 1. The van der Waals surface area contributed by atoms with Gasteiger partial charge in [0.05, 0.1) is 5.60 Å². The van der Waals surface area contributed by atoms with E-state index < -0.39 is 0 Å². The molecular weight excluding hydrogens is 238 g/mol. The molecule has 2 fully saturated rings. The second kappa shape index (κ2) is 6.74. The topological polar surface area (TPSA) is 38.3 Å². The maximum Gasteiger partial charge on any atom is 0.220 e. The first-order valence-corrected chi connectivity index (χ1v) is 7.96. The fourth-order valence-corrected chi connectivity index (χ4v) is 3.49. The van der Waals surface area contributed by atoms with Gasteiger partial charge in [-0.1, -0.05) is 19.3 Å². The van der Waals surface area contributed by atoms with Crippen molar-refractivity contribution in [3.05, 3.63) is 0 Å². The van der Waals surface area contributed by atoms with Gasteiger partial charge in [-0.2, -0.15) is 0 Å². The van der Waals surface area contributed by atoms with E-state index in [0.29, 0.717) is 12.0 Å². The Morgan fingerprint density at radius 2 is 1.79 bits per heavy atom. The number of hydrogen-bond acceptors (Lipinski definition) is 2. The normalized spacial score (nSPS) is 33.1. The van der Waals surface area contributed by atoms with Gasteiger partial charge in [0.1, 0.15) is 0 Å². The molecule has 1 amide bonds. The lowest BCUT2D eigenvalue weighted by Crippen LogP contribution is -2.38. The van der Waals surface area contributed by atoms with Gasteiger partial charge in [0.25, 0.3) is 0 Å². The van der Waals surface area contributed by atoms with E-state index in [0.717, 1.165) is 32.1 Å². The minimum Gasteiger partial charge on any atom is -0.379 e. The molecule has 0 spiro atoms. The van der Waals surface area contributed by atoms with Crippen LogP contribution in [-0.4, -0.2) is 24.7 Å². The maximum absolute atomic E-state index is 12.1. The minimum atomic E-state index is 0.0519. The van der Waals surface area contributed by atoms with E-state index in [9.17, 15) is 4.79 Å². The van der Waals surface area contributed by atoms with E-state index in [1.807, 2.05) is 0 Å². The Bertz CT molecular complexity index is 289. The van der Waals surface area contributed by atoms with Crippen LogP contribution >= 0.6 is 0 Å². The number of methoxy groups -OCH3 is 1. The monoisotopic (exact) mass is 267 g/mol. The molecule has 0 radical (unpaired) electrons. The molecule has 19 heavy (non-hydrogen) atoms. The van der Waals surface area contributed by atoms with Crippen molar-refractivity contribution in [2.45, 2.75) is 82.8 Å². The van der Waals surface area contributed by atoms with Gasteiger partial charge >= 0.3 is 0 Å². The first-order valence-electron chi connectivity index (χ1n) is 7.96. The number of rotatable bonds is 4. The van der Waals surface area contributed by atoms with Crippen LogP contribution < -0.4 is 5.32 Å². The molecule has 0 aromatic carbocycles. The van der Waals surface area contributed by atoms with E-state index in [1.165, 1.54) is 32.1 Å². The molecule has 2 saturated carbocycles. The van der Waals surface area contributed by atoms with E-state index in [1.54, 1.807) is 7.11 Å². The summed E-state index contributed by atoms with van der Waals surface area (Å²) >= 11 is 0. The van der Waals surface area contributed by atoms with Crippen LogP contribution in [-0.2, 0) is 9.53 Å². The summed E-state index contributed by atoms with van der Waals surface area (Å²) in [6.07, 6.45) is 11.4. The molecule has 0 aromatic heterocycles. The smallest absolute Gasteiger partial charge is 0.220 e. The number of nitrogens with one attached hydrogen (secondary N) is 1. The first kappa shape index (κ1) is 14.8. The Balaban J connectivity index is 1.68. The van der Waals surface area contributed by atoms with Crippen molar-refractivity contribution < 1.29 is 9.53 Å². The van der Waals surface area contributed by atoms with Crippen LogP contribution in [0.15, 0.2) is 0 Å². The summed E-state index contributed by atoms with van der Waals surface area (Å²) in [4.78, 5) is 12.1. The number of carbonyl (C=O) groups excluding carboxylic acids is 1. The van der Waals surface area contributed by atoms with Gasteiger partial charge in [-0.25, -0.2) is 0 Å². The molecule has 0 heterocycles. The summed E-state index contributed by atoms with van der Waals surface area (Å²) in [5, 5.41) is 3.23. The zero-order valence-electron chi connectivity index (χ0n) is 12.5. The lowest BCUT2D eigenvalue weighted by atomic mass is 9.78. The van der Waals surface area contributed by atoms with Crippen molar-refractivity contribution in [2.24, 2.45) is 5.92 Å². The molecule has 1 N–H and O–H groups in total. The molecule has 2 aliphatic rings. The summed E-state index contributed by atoms with van der Waals surface area (Å²) in [6, 6.07) is 0.453. The Hall–Kier alpha value is -0.570. The average molecular weight is 267 g/mol. The highest BCUT2D eigenvalue weighted by Crippen LogP contribution is 2.35. The molecule has 2 aliphatic carbocycles. The molecule has 3 heteroatoms. The van der Waals surface area contributed by atoms with Crippen molar-refractivity contribution in [1.82, 2.24) is 5.32 Å². The Labute approximate surface area is 117 Å². The maximum atomic E-state index is 12.1. The molecule has 0 unspecified atom stereocenters. The molecule has 110 valence electrons. The predicted molar refractivity (Wildman–Crippen MR) is 77.0 cm³/mol. The third-order valence-electron chi connectivity index (χ3n) is 5.10. The van der Waals surface area contributed by atoms with Crippen LogP contribution in [0.3, 0.4) is 0 Å². The highest BCUT2D eigenvalue weighted by Gasteiger charge is 2.31. The van der Waals surface area contributed by atoms with Crippen molar-refractivity contribution in [1.29, 1.82) is 0 Å². The molecule has 0 aromatic rings. The highest BCUT2D eigenvalue weighted by molar-refractivity contribution is 5.76. The Morgan fingerprint density at radius 1 is 1.16 bits per heavy atom. The average Bonchev–Trinajstić information content (AvgIpc) is 2.43. The summed E-state index contributed by atoms with van der Waals surface area (Å²) < 4.78 is 5.55. The second-order valence-electron chi connectivity index (χ2n) is 6.70. The zero-order chi connectivity index (χ0) is 13.7. The number of hydrogen-bond donors (Lipinski definition) is 1. The van der Waals surface area contributed by atoms with Crippen molar-refractivity contribution in [3.63, 3.8) is 0 Å². The fourth-order valence-electron chi connectivity index (χ4n) is 3.49.